The van der Waals surface area contributed by atoms with E-state index in [2.05, 4.69) is 30.7 Å². The lowest BCUT2D eigenvalue weighted by Gasteiger charge is -2.15. The molecule has 10 nitrogen and oxygen atoms in total. The molecule has 15 heteroatoms. The summed E-state index contributed by atoms with van der Waals surface area (Å²) in [6.07, 6.45) is 1.56. The van der Waals surface area contributed by atoms with Gasteiger partial charge in [0, 0.05) is 11.8 Å². The largest absolute Gasteiger partial charge is 0.424 e. The first kappa shape index (κ1) is 27.3. The van der Waals surface area contributed by atoms with Gasteiger partial charge in [-0.05, 0) is 42.0 Å². The zero-order chi connectivity index (χ0) is 29.1. The summed E-state index contributed by atoms with van der Waals surface area (Å²) in [5.41, 5.74) is 6.01. The van der Waals surface area contributed by atoms with Crippen molar-refractivity contribution in [3.05, 3.63) is 95.9 Å². The number of alkyl halides is 3. The summed E-state index contributed by atoms with van der Waals surface area (Å²) in [5.74, 6) is 0.0138. The Kier molecular flexibility index (Phi) is 7.40. The standard InChI is InChI=1S/C26H17ClF4N8O2/c27-16-9-36-39(13-16)22-6-3-15(26(29,30)31)7-21(22)38-24(40)37-18-11-34-25(35-12-18)41-19-4-1-14(2-5-19)20-8-17(28)10-33-23(20)32/h1-13H,(H2,32,33)(H2,37,38,40). The summed E-state index contributed by atoms with van der Waals surface area (Å²) in [7, 11) is 0. The number of amides is 2. The van der Waals surface area contributed by atoms with Crippen LogP contribution in [0.25, 0.3) is 16.8 Å². The molecule has 0 saturated heterocycles. The fourth-order valence-corrected chi connectivity index (χ4v) is 3.79. The lowest BCUT2D eigenvalue weighted by atomic mass is 10.1. The molecule has 0 radical (unpaired) electrons. The number of nitrogens with one attached hydrogen (secondary N) is 2. The molecule has 3 aromatic heterocycles. The van der Waals surface area contributed by atoms with Crippen LogP contribution in [0, 0.1) is 5.82 Å². The number of ether oxygens (including phenoxy) is 1. The predicted octanol–water partition coefficient (Wildman–Crippen LogP) is 6.55. The zero-order valence-corrected chi connectivity index (χ0v) is 21.3. The molecule has 3 heterocycles. The Morgan fingerprint density at radius 1 is 0.951 bits per heavy atom. The predicted molar refractivity (Wildman–Crippen MR) is 142 cm³/mol. The van der Waals surface area contributed by atoms with Crippen LogP contribution in [0.3, 0.4) is 0 Å². The van der Waals surface area contributed by atoms with Gasteiger partial charge in [-0.3, -0.25) is 0 Å². The van der Waals surface area contributed by atoms with Crippen molar-refractivity contribution in [1.29, 1.82) is 0 Å². The third-order valence-electron chi connectivity index (χ3n) is 5.52. The second-order valence-corrected chi connectivity index (χ2v) is 8.82. The highest BCUT2D eigenvalue weighted by molar-refractivity contribution is 6.30. The fourth-order valence-electron chi connectivity index (χ4n) is 3.65. The Bertz CT molecular complexity index is 1710. The quantitative estimate of drug-likeness (QED) is 0.193. The summed E-state index contributed by atoms with van der Waals surface area (Å²) >= 11 is 5.88. The topological polar surface area (TPSA) is 133 Å². The molecule has 0 saturated carbocycles. The summed E-state index contributed by atoms with van der Waals surface area (Å²) in [4.78, 5) is 24.5. The van der Waals surface area contributed by atoms with Crippen LogP contribution in [0.5, 0.6) is 11.8 Å². The monoisotopic (exact) mass is 584 g/mol. The van der Waals surface area contributed by atoms with Crippen molar-refractivity contribution in [2.24, 2.45) is 0 Å². The van der Waals surface area contributed by atoms with Crippen molar-refractivity contribution in [1.82, 2.24) is 24.7 Å². The first-order chi connectivity index (χ1) is 19.5. The van der Waals surface area contributed by atoms with Gasteiger partial charge < -0.3 is 21.1 Å². The minimum Gasteiger partial charge on any atom is -0.424 e. The van der Waals surface area contributed by atoms with E-state index in [1.165, 1.54) is 35.5 Å². The van der Waals surface area contributed by atoms with Gasteiger partial charge in [0.05, 0.1) is 52.4 Å². The van der Waals surface area contributed by atoms with Gasteiger partial charge in [-0.1, -0.05) is 23.7 Å². The van der Waals surface area contributed by atoms with Crippen LogP contribution < -0.4 is 21.1 Å². The van der Waals surface area contributed by atoms with Gasteiger partial charge in [0.25, 0.3) is 0 Å². The molecule has 0 bridgehead atoms. The second-order valence-electron chi connectivity index (χ2n) is 8.38. The van der Waals surface area contributed by atoms with Crippen LogP contribution >= 0.6 is 11.6 Å². The molecule has 0 aliphatic rings. The molecule has 0 unspecified atom stereocenters. The molecule has 5 aromatic rings. The zero-order valence-electron chi connectivity index (χ0n) is 20.5. The number of carbonyl (C=O) groups is 1. The molecule has 0 spiro atoms. The number of anilines is 3. The normalized spacial score (nSPS) is 11.2. The SMILES string of the molecule is Nc1ncc(F)cc1-c1ccc(Oc2ncc(NC(=O)Nc3cc(C(F)(F)F)ccc3-n3cc(Cl)cn3)cn2)cc1. The van der Waals surface area contributed by atoms with Crippen molar-refractivity contribution >= 4 is 34.8 Å². The summed E-state index contributed by atoms with van der Waals surface area (Å²) < 4.78 is 60.2. The van der Waals surface area contributed by atoms with Crippen LogP contribution in [0.2, 0.25) is 5.02 Å². The number of benzene rings is 2. The number of carbonyl (C=O) groups excluding carboxylic acids is 1. The van der Waals surface area contributed by atoms with E-state index in [0.29, 0.717) is 16.9 Å². The Morgan fingerprint density at radius 2 is 1.68 bits per heavy atom. The lowest BCUT2D eigenvalue weighted by molar-refractivity contribution is -0.137. The molecule has 0 atom stereocenters. The van der Waals surface area contributed by atoms with Gasteiger partial charge in [0.15, 0.2) is 0 Å². The van der Waals surface area contributed by atoms with Gasteiger partial charge in [-0.25, -0.2) is 28.8 Å². The van der Waals surface area contributed by atoms with Gasteiger partial charge in [-0.15, -0.1) is 0 Å². The molecule has 0 aliphatic heterocycles. The molecule has 2 aromatic carbocycles. The van der Waals surface area contributed by atoms with E-state index in [4.69, 9.17) is 22.1 Å². The third kappa shape index (κ3) is 6.50. The van der Waals surface area contributed by atoms with Crippen LogP contribution in [0.4, 0.5) is 39.5 Å². The van der Waals surface area contributed by atoms with E-state index >= 15 is 0 Å². The van der Waals surface area contributed by atoms with E-state index in [9.17, 15) is 22.4 Å². The number of nitrogen functional groups attached to an aromatic ring is 1. The van der Waals surface area contributed by atoms with Crippen molar-refractivity contribution in [2.75, 3.05) is 16.4 Å². The number of hydrogen-bond acceptors (Lipinski definition) is 7. The smallest absolute Gasteiger partial charge is 0.416 e. The number of halogens is 5. The molecular weight excluding hydrogens is 568 g/mol. The Labute approximate surface area is 233 Å². The van der Waals surface area contributed by atoms with E-state index < -0.39 is 23.6 Å². The Hall–Kier alpha value is -5.24. The number of pyridine rings is 1. The number of nitrogens with zero attached hydrogens (tertiary/aromatic N) is 5. The lowest BCUT2D eigenvalue weighted by Crippen LogP contribution is -2.21. The van der Waals surface area contributed by atoms with Crippen molar-refractivity contribution in [3.8, 4) is 28.6 Å². The Balaban J connectivity index is 1.26. The minimum absolute atomic E-state index is 0.0497. The maximum atomic E-state index is 13.5. The first-order valence-electron chi connectivity index (χ1n) is 11.6. The van der Waals surface area contributed by atoms with Crippen molar-refractivity contribution in [3.63, 3.8) is 0 Å². The van der Waals surface area contributed by atoms with Crippen molar-refractivity contribution in [2.45, 2.75) is 6.18 Å². The Morgan fingerprint density at radius 3 is 2.34 bits per heavy atom. The van der Waals surface area contributed by atoms with Crippen molar-refractivity contribution < 1.29 is 27.1 Å². The molecule has 5 rings (SSSR count). The molecule has 0 aliphatic carbocycles. The van der Waals surface area contributed by atoms with E-state index in [1.807, 2.05) is 0 Å². The van der Waals surface area contributed by atoms with E-state index in [-0.39, 0.29) is 33.9 Å². The summed E-state index contributed by atoms with van der Waals surface area (Å²) in [5, 5.41) is 9.06. The number of urea groups is 1. The van der Waals surface area contributed by atoms with E-state index in [0.717, 1.165) is 24.4 Å². The highest BCUT2D eigenvalue weighted by Gasteiger charge is 2.31. The van der Waals surface area contributed by atoms with Crippen LogP contribution in [0.1, 0.15) is 5.56 Å². The number of aromatic nitrogens is 5. The van der Waals surface area contributed by atoms with E-state index in [1.54, 1.807) is 24.3 Å². The molecule has 2 amide bonds. The maximum Gasteiger partial charge on any atom is 0.416 e. The average molecular weight is 585 g/mol. The summed E-state index contributed by atoms with van der Waals surface area (Å²) in [6, 6.07) is 9.67. The molecule has 208 valence electrons. The van der Waals surface area contributed by atoms with Crippen LogP contribution in [0.15, 0.2) is 79.5 Å². The number of hydrogen-bond donors (Lipinski definition) is 3. The number of rotatable bonds is 6. The number of nitrogens with two attached hydrogens (primary N) is 1. The third-order valence-corrected chi connectivity index (χ3v) is 5.71. The first-order valence-corrected chi connectivity index (χ1v) is 11.9. The highest BCUT2D eigenvalue weighted by atomic mass is 35.5. The molecular formula is C26H17ClF4N8O2. The molecule has 0 fully saturated rings. The van der Waals surface area contributed by atoms with Crippen LogP contribution in [-0.2, 0) is 6.18 Å². The average Bonchev–Trinajstić information content (AvgIpc) is 3.37. The van der Waals surface area contributed by atoms with Gasteiger partial charge in [0.2, 0.25) is 0 Å². The van der Waals surface area contributed by atoms with Gasteiger partial charge in [-0.2, -0.15) is 18.3 Å². The minimum atomic E-state index is -4.64. The second kappa shape index (κ2) is 11.1. The van der Waals surface area contributed by atoms with Gasteiger partial charge in [0.1, 0.15) is 17.4 Å². The van der Waals surface area contributed by atoms with Crippen LogP contribution in [-0.4, -0.2) is 30.8 Å². The highest BCUT2D eigenvalue weighted by Crippen LogP contribution is 2.34. The molecule has 41 heavy (non-hydrogen) atoms. The van der Waals surface area contributed by atoms with Gasteiger partial charge >= 0.3 is 18.2 Å². The molecule has 4 N–H and O–H groups in total. The fraction of sp³-hybridized carbons (Fsp3) is 0.0385. The maximum absolute atomic E-state index is 13.5. The summed E-state index contributed by atoms with van der Waals surface area (Å²) in [6.45, 7) is 0.